The minimum Gasteiger partial charge on any atom is -0.388 e. The Hall–Kier alpha value is -1.92. The third-order valence-corrected chi connectivity index (χ3v) is 9.42. The Bertz CT molecular complexity index is 1100. The Balaban J connectivity index is 1.51. The summed E-state index contributed by atoms with van der Waals surface area (Å²) in [5.74, 6) is 0.533. The van der Waals surface area contributed by atoms with Crippen LogP contribution in [0.15, 0.2) is 24.3 Å². The van der Waals surface area contributed by atoms with Gasteiger partial charge in [-0.25, -0.2) is 0 Å². The average molecular weight is 486 g/mol. The van der Waals surface area contributed by atoms with Gasteiger partial charge < -0.3 is 10.2 Å². The number of aliphatic hydroxyl groups is 2. The Kier molecular flexibility index (Phi) is 5.76. The van der Waals surface area contributed by atoms with E-state index in [0.717, 1.165) is 111 Å². The monoisotopic (exact) mass is 485 g/mol. The summed E-state index contributed by atoms with van der Waals surface area (Å²) in [6.45, 7) is 0. The maximum Gasteiger partial charge on any atom is 0.416 e. The normalized spacial score (nSPS) is 25.2. The van der Waals surface area contributed by atoms with Gasteiger partial charge in [0.05, 0.1) is 17.4 Å². The smallest absolute Gasteiger partial charge is 0.388 e. The molecule has 0 radical (unpaired) electrons. The molecule has 1 aromatic carbocycles. The Morgan fingerprint density at radius 1 is 0.886 bits per heavy atom. The van der Waals surface area contributed by atoms with Crippen molar-refractivity contribution in [1.29, 1.82) is 0 Å². The van der Waals surface area contributed by atoms with Gasteiger partial charge in [-0.3, -0.25) is 4.98 Å². The second kappa shape index (κ2) is 8.58. The highest BCUT2D eigenvalue weighted by Crippen LogP contribution is 2.57. The lowest BCUT2D eigenvalue weighted by molar-refractivity contribution is -0.137. The fourth-order valence-corrected chi connectivity index (χ4v) is 7.16. The second-order valence-electron chi connectivity index (χ2n) is 11.6. The lowest BCUT2D eigenvalue weighted by atomic mass is 9.58. The molecular formula is C29H34F3NO2. The van der Waals surface area contributed by atoms with Gasteiger partial charge in [0, 0.05) is 22.7 Å². The fraction of sp³-hybridized carbons (Fsp3) is 0.621. The third-order valence-electron chi connectivity index (χ3n) is 9.42. The molecule has 3 fully saturated rings. The molecule has 3 nitrogen and oxygen atoms in total. The van der Waals surface area contributed by atoms with E-state index in [4.69, 9.17) is 4.98 Å². The molecule has 6 rings (SSSR count). The first-order chi connectivity index (χ1) is 16.8. The van der Waals surface area contributed by atoms with E-state index in [9.17, 15) is 23.4 Å². The maximum atomic E-state index is 13.2. The van der Waals surface area contributed by atoms with Gasteiger partial charge in [-0.1, -0.05) is 37.8 Å². The van der Waals surface area contributed by atoms with Crippen LogP contribution in [0.2, 0.25) is 0 Å². The van der Waals surface area contributed by atoms with Crippen LogP contribution in [-0.4, -0.2) is 15.2 Å². The van der Waals surface area contributed by atoms with Crippen LogP contribution >= 0.6 is 0 Å². The van der Waals surface area contributed by atoms with Gasteiger partial charge in [0.25, 0.3) is 0 Å². The highest BCUT2D eigenvalue weighted by Gasteiger charge is 2.47. The summed E-state index contributed by atoms with van der Waals surface area (Å²) in [5, 5.41) is 23.1. The molecule has 0 aliphatic heterocycles. The van der Waals surface area contributed by atoms with Crippen molar-refractivity contribution in [3.8, 4) is 0 Å². The first kappa shape index (κ1) is 23.5. The molecule has 0 amide bonds. The second-order valence-corrected chi connectivity index (χ2v) is 11.6. The summed E-state index contributed by atoms with van der Waals surface area (Å²) >= 11 is 0. The van der Waals surface area contributed by atoms with Crippen LogP contribution in [0.5, 0.6) is 0 Å². The molecule has 188 valence electrons. The zero-order chi connectivity index (χ0) is 24.4. The first-order valence-electron chi connectivity index (χ1n) is 13.4. The van der Waals surface area contributed by atoms with Crippen molar-refractivity contribution in [1.82, 2.24) is 4.98 Å². The molecule has 6 heteroatoms. The average Bonchev–Trinajstić information content (AvgIpc) is 3.30. The van der Waals surface area contributed by atoms with Crippen molar-refractivity contribution in [3.05, 3.63) is 63.5 Å². The van der Waals surface area contributed by atoms with E-state index in [1.165, 1.54) is 18.6 Å². The molecule has 35 heavy (non-hydrogen) atoms. The number of aliphatic hydroxyl groups excluding tert-OH is 2. The number of hydrogen-bond acceptors (Lipinski definition) is 3. The summed E-state index contributed by atoms with van der Waals surface area (Å²) in [6.07, 6.45) is 6.55. The van der Waals surface area contributed by atoms with Crippen molar-refractivity contribution in [2.75, 3.05) is 0 Å². The van der Waals surface area contributed by atoms with Crippen LogP contribution in [0, 0.1) is 5.41 Å². The van der Waals surface area contributed by atoms with Crippen LogP contribution in [-0.2, 0) is 12.6 Å². The highest BCUT2D eigenvalue weighted by molar-refractivity contribution is 5.51. The van der Waals surface area contributed by atoms with Crippen LogP contribution in [0.1, 0.15) is 134 Å². The quantitative estimate of drug-likeness (QED) is 0.479. The van der Waals surface area contributed by atoms with Crippen molar-refractivity contribution < 1.29 is 23.4 Å². The molecule has 3 saturated carbocycles. The van der Waals surface area contributed by atoms with Crippen LogP contribution in [0.3, 0.4) is 0 Å². The van der Waals surface area contributed by atoms with Gasteiger partial charge in [0.1, 0.15) is 6.10 Å². The number of fused-ring (bicyclic) bond motifs is 1. The standard InChI is InChI=1S/C29H34F3NO2/c30-29(31,32)20-11-9-19(10-12-20)27(35)25-23(17-7-3-8-17)24-21(33-26(25)18-5-1-2-6-18)15-28(13-4-14-28)16-22(24)34/h9-12,17-18,22,27,34-35H,1-8,13-16H2/t22-,27+/m0/s1. The van der Waals surface area contributed by atoms with Crippen LogP contribution in [0.4, 0.5) is 13.2 Å². The maximum absolute atomic E-state index is 13.2. The number of nitrogens with zero attached hydrogens (tertiary/aromatic N) is 1. The first-order valence-corrected chi connectivity index (χ1v) is 13.4. The van der Waals surface area contributed by atoms with Crippen LogP contribution < -0.4 is 0 Å². The number of halogens is 3. The summed E-state index contributed by atoms with van der Waals surface area (Å²) in [7, 11) is 0. The molecule has 0 unspecified atom stereocenters. The van der Waals surface area contributed by atoms with Gasteiger partial charge in [-0.05, 0) is 86.0 Å². The molecule has 2 aromatic rings. The van der Waals surface area contributed by atoms with E-state index in [1.807, 2.05) is 0 Å². The van der Waals surface area contributed by atoms with Gasteiger partial charge >= 0.3 is 6.18 Å². The third kappa shape index (κ3) is 4.01. The molecular weight excluding hydrogens is 451 g/mol. The Morgan fingerprint density at radius 2 is 1.54 bits per heavy atom. The topological polar surface area (TPSA) is 53.4 Å². The van der Waals surface area contributed by atoms with Crippen molar-refractivity contribution in [3.63, 3.8) is 0 Å². The molecule has 4 aliphatic rings. The van der Waals surface area contributed by atoms with Gasteiger partial charge in [-0.15, -0.1) is 0 Å². The van der Waals surface area contributed by atoms with Crippen molar-refractivity contribution in [2.24, 2.45) is 5.41 Å². The van der Waals surface area contributed by atoms with E-state index >= 15 is 0 Å². The molecule has 0 saturated heterocycles. The largest absolute Gasteiger partial charge is 0.416 e. The fourth-order valence-electron chi connectivity index (χ4n) is 7.16. The molecule has 2 N–H and O–H groups in total. The number of rotatable bonds is 4. The molecule has 4 aliphatic carbocycles. The van der Waals surface area contributed by atoms with Gasteiger partial charge in [0.15, 0.2) is 0 Å². The predicted octanol–water partition coefficient (Wildman–Crippen LogP) is 7.26. The van der Waals surface area contributed by atoms with E-state index in [0.29, 0.717) is 5.56 Å². The zero-order valence-electron chi connectivity index (χ0n) is 20.1. The minimum atomic E-state index is -4.41. The predicted molar refractivity (Wildman–Crippen MR) is 127 cm³/mol. The number of pyridine rings is 1. The lowest BCUT2D eigenvalue weighted by Gasteiger charge is -2.48. The summed E-state index contributed by atoms with van der Waals surface area (Å²) in [6, 6.07) is 4.90. The Morgan fingerprint density at radius 3 is 2.09 bits per heavy atom. The molecule has 2 atom stereocenters. The van der Waals surface area contributed by atoms with Gasteiger partial charge in [-0.2, -0.15) is 13.2 Å². The summed E-state index contributed by atoms with van der Waals surface area (Å²) in [5.41, 5.74) is 4.65. The highest BCUT2D eigenvalue weighted by atomic mass is 19.4. The van der Waals surface area contributed by atoms with Crippen molar-refractivity contribution >= 4 is 0 Å². The van der Waals surface area contributed by atoms with E-state index < -0.39 is 23.9 Å². The molecule has 1 heterocycles. The van der Waals surface area contributed by atoms with Gasteiger partial charge in [0.2, 0.25) is 0 Å². The number of hydrogen-bond donors (Lipinski definition) is 2. The minimum absolute atomic E-state index is 0.163. The zero-order valence-corrected chi connectivity index (χ0v) is 20.1. The molecule has 1 spiro atoms. The van der Waals surface area contributed by atoms with Crippen LogP contribution in [0.25, 0.3) is 0 Å². The van der Waals surface area contributed by atoms with E-state index in [1.54, 1.807) is 0 Å². The summed E-state index contributed by atoms with van der Waals surface area (Å²) < 4.78 is 39.5. The SMILES string of the molecule is O[C@H](c1ccc(C(F)(F)F)cc1)c1c(C2CCCC2)nc2c(c1C1CCC1)[C@@H](O)CC1(CCC1)C2. The molecule has 0 bridgehead atoms. The van der Waals surface area contributed by atoms with E-state index in [-0.39, 0.29) is 17.3 Å². The summed E-state index contributed by atoms with van der Waals surface area (Å²) in [4.78, 5) is 5.23. The lowest BCUT2D eigenvalue weighted by Crippen LogP contribution is -2.39. The van der Waals surface area contributed by atoms with Crippen molar-refractivity contribution in [2.45, 2.75) is 107 Å². The number of alkyl halides is 3. The Labute approximate surface area is 204 Å². The number of benzene rings is 1. The molecule has 1 aromatic heterocycles. The van der Waals surface area contributed by atoms with E-state index in [2.05, 4.69) is 0 Å². The number of aromatic nitrogens is 1.